The van der Waals surface area contributed by atoms with E-state index in [9.17, 15) is 0 Å². The highest BCUT2D eigenvalue weighted by molar-refractivity contribution is 5.79. The number of hydrogen-bond acceptors (Lipinski definition) is 3. The molecule has 0 radical (unpaired) electrons. The standard InChI is InChI=1S/C20H31N5O/c1-17(2)16-26-13-7-10-23-20(21-3)24-14-19-22-11-12-25(19)15-18-8-5-4-6-9-18/h4-6,8-9,11-12,17H,7,10,13-16H2,1-3H3,(H2,21,23,24). The molecule has 26 heavy (non-hydrogen) atoms. The normalized spacial score (nSPS) is 11.8. The maximum Gasteiger partial charge on any atom is 0.191 e. The summed E-state index contributed by atoms with van der Waals surface area (Å²) in [5.41, 5.74) is 1.26. The Morgan fingerprint density at radius 3 is 2.77 bits per heavy atom. The number of nitrogens with zero attached hydrogens (tertiary/aromatic N) is 3. The fraction of sp³-hybridized carbons (Fsp3) is 0.500. The molecule has 1 aromatic heterocycles. The molecule has 0 aliphatic carbocycles. The van der Waals surface area contributed by atoms with Gasteiger partial charge in [0.2, 0.25) is 0 Å². The lowest BCUT2D eigenvalue weighted by Crippen LogP contribution is -2.38. The van der Waals surface area contributed by atoms with Crippen molar-refractivity contribution in [2.45, 2.75) is 33.4 Å². The molecule has 0 fully saturated rings. The van der Waals surface area contributed by atoms with Gasteiger partial charge in [0.1, 0.15) is 5.82 Å². The highest BCUT2D eigenvalue weighted by Crippen LogP contribution is 2.05. The van der Waals surface area contributed by atoms with E-state index in [4.69, 9.17) is 4.74 Å². The summed E-state index contributed by atoms with van der Waals surface area (Å²) in [6.07, 6.45) is 4.80. The first kappa shape index (κ1) is 20.0. The van der Waals surface area contributed by atoms with Gasteiger partial charge in [-0.2, -0.15) is 0 Å². The Morgan fingerprint density at radius 2 is 2.04 bits per heavy atom. The fourth-order valence-corrected chi connectivity index (χ4v) is 2.51. The van der Waals surface area contributed by atoms with E-state index in [1.54, 1.807) is 7.05 Å². The number of benzene rings is 1. The third-order valence-corrected chi connectivity index (χ3v) is 3.84. The van der Waals surface area contributed by atoms with E-state index in [1.165, 1.54) is 5.56 Å². The molecule has 0 unspecified atom stereocenters. The molecule has 0 saturated carbocycles. The molecule has 0 aliphatic rings. The average molecular weight is 358 g/mol. The molecule has 0 bridgehead atoms. The average Bonchev–Trinajstić information content (AvgIpc) is 3.08. The van der Waals surface area contributed by atoms with E-state index < -0.39 is 0 Å². The van der Waals surface area contributed by atoms with Crippen LogP contribution in [-0.2, 0) is 17.8 Å². The third-order valence-electron chi connectivity index (χ3n) is 3.84. The summed E-state index contributed by atoms with van der Waals surface area (Å²) < 4.78 is 7.74. The Kier molecular flexibility index (Phi) is 8.69. The minimum Gasteiger partial charge on any atom is -0.381 e. The zero-order chi connectivity index (χ0) is 18.6. The van der Waals surface area contributed by atoms with Crippen LogP contribution in [0.3, 0.4) is 0 Å². The Labute approximate surface area is 156 Å². The summed E-state index contributed by atoms with van der Waals surface area (Å²) in [5.74, 6) is 2.34. The number of nitrogens with one attached hydrogen (secondary N) is 2. The van der Waals surface area contributed by atoms with Crippen LogP contribution in [0.15, 0.2) is 47.7 Å². The second-order valence-corrected chi connectivity index (χ2v) is 6.63. The van der Waals surface area contributed by atoms with E-state index in [0.29, 0.717) is 12.5 Å². The van der Waals surface area contributed by atoms with E-state index in [1.807, 2.05) is 18.5 Å². The Balaban J connectivity index is 1.72. The summed E-state index contributed by atoms with van der Waals surface area (Å²) in [6, 6.07) is 10.4. The molecule has 142 valence electrons. The predicted molar refractivity (Wildman–Crippen MR) is 106 cm³/mol. The zero-order valence-corrected chi connectivity index (χ0v) is 16.1. The van der Waals surface area contributed by atoms with Gasteiger partial charge in [-0.1, -0.05) is 44.2 Å². The van der Waals surface area contributed by atoms with Crippen molar-refractivity contribution >= 4 is 5.96 Å². The summed E-state index contributed by atoms with van der Waals surface area (Å²) >= 11 is 0. The maximum absolute atomic E-state index is 5.59. The number of aliphatic imine (C=N–C) groups is 1. The lowest BCUT2D eigenvalue weighted by molar-refractivity contribution is 0.108. The van der Waals surface area contributed by atoms with Gasteiger partial charge in [-0.25, -0.2) is 4.98 Å². The molecule has 1 heterocycles. The van der Waals surface area contributed by atoms with Crippen LogP contribution in [0.1, 0.15) is 31.7 Å². The topological polar surface area (TPSA) is 63.5 Å². The van der Waals surface area contributed by atoms with Crippen molar-refractivity contribution in [2.24, 2.45) is 10.9 Å². The molecule has 0 spiro atoms. The molecule has 2 rings (SSSR count). The Bertz CT molecular complexity index is 651. The van der Waals surface area contributed by atoms with Crippen molar-refractivity contribution < 1.29 is 4.74 Å². The van der Waals surface area contributed by atoms with Crippen LogP contribution in [0.4, 0.5) is 0 Å². The van der Waals surface area contributed by atoms with Crippen LogP contribution in [0.5, 0.6) is 0 Å². The molecule has 0 atom stereocenters. The Hall–Kier alpha value is -2.34. The molecular weight excluding hydrogens is 326 g/mol. The molecule has 0 saturated heterocycles. The lowest BCUT2D eigenvalue weighted by atomic mass is 10.2. The minimum absolute atomic E-state index is 0.581. The second kappa shape index (κ2) is 11.3. The molecule has 2 aromatic rings. The molecule has 1 aromatic carbocycles. The largest absolute Gasteiger partial charge is 0.381 e. The second-order valence-electron chi connectivity index (χ2n) is 6.63. The van der Waals surface area contributed by atoms with E-state index in [0.717, 1.165) is 44.5 Å². The van der Waals surface area contributed by atoms with Gasteiger partial charge in [0, 0.05) is 45.7 Å². The van der Waals surface area contributed by atoms with E-state index >= 15 is 0 Å². The summed E-state index contributed by atoms with van der Waals surface area (Å²) in [4.78, 5) is 8.72. The number of hydrogen-bond donors (Lipinski definition) is 2. The first-order valence-electron chi connectivity index (χ1n) is 9.25. The molecule has 6 nitrogen and oxygen atoms in total. The number of rotatable bonds is 10. The van der Waals surface area contributed by atoms with E-state index in [2.05, 4.69) is 63.3 Å². The molecular formula is C20H31N5O. The number of imidazole rings is 1. The van der Waals surface area contributed by atoms with Crippen molar-refractivity contribution in [3.05, 3.63) is 54.1 Å². The maximum atomic E-state index is 5.59. The van der Waals surface area contributed by atoms with Crippen LogP contribution >= 0.6 is 0 Å². The smallest absolute Gasteiger partial charge is 0.191 e. The van der Waals surface area contributed by atoms with Crippen LogP contribution in [-0.4, -0.2) is 42.3 Å². The molecule has 0 aliphatic heterocycles. The first-order valence-corrected chi connectivity index (χ1v) is 9.25. The minimum atomic E-state index is 0.581. The summed E-state index contributed by atoms with van der Waals surface area (Å²) in [7, 11) is 1.78. The quantitative estimate of drug-likeness (QED) is 0.390. The summed E-state index contributed by atoms with van der Waals surface area (Å²) in [6.45, 7) is 8.18. The van der Waals surface area contributed by atoms with Gasteiger partial charge in [-0.15, -0.1) is 0 Å². The highest BCUT2D eigenvalue weighted by atomic mass is 16.5. The van der Waals surface area contributed by atoms with Gasteiger partial charge in [0.15, 0.2) is 5.96 Å². The predicted octanol–water partition coefficient (Wildman–Crippen LogP) is 2.66. The van der Waals surface area contributed by atoms with Gasteiger partial charge < -0.3 is 19.9 Å². The van der Waals surface area contributed by atoms with Crippen molar-refractivity contribution in [1.29, 1.82) is 0 Å². The molecule has 2 N–H and O–H groups in total. The first-order chi connectivity index (χ1) is 12.7. The van der Waals surface area contributed by atoms with Crippen LogP contribution in [0.25, 0.3) is 0 Å². The van der Waals surface area contributed by atoms with Crippen molar-refractivity contribution in [1.82, 2.24) is 20.2 Å². The van der Waals surface area contributed by atoms with Crippen LogP contribution in [0.2, 0.25) is 0 Å². The highest BCUT2D eigenvalue weighted by Gasteiger charge is 2.05. The van der Waals surface area contributed by atoms with Gasteiger partial charge in [-0.3, -0.25) is 4.99 Å². The number of ether oxygens (including phenoxy) is 1. The summed E-state index contributed by atoms with van der Waals surface area (Å²) in [5, 5.41) is 6.63. The fourth-order valence-electron chi connectivity index (χ4n) is 2.51. The van der Waals surface area contributed by atoms with Gasteiger partial charge in [-0.05, 0) is 17.9 Å². The number of aromatic nitrogens is 2. The Morgan fingerprint density at radius 1 is 1.23 bits per heavy atom. The SMILES string of the molecule is CN=C(NCCCOCC(C)C)NCc1nccn1Cc1ccccc1. The van der Waals surface area contributed by atoms with Gasteiger partial charge >= 0.3 is 0 Å². The monoisotopic (exact) mass is 357 g/mol. The van der Waals surface area contributed by atoms with Crippen molar-refractivity contribution in [3.8, 4) is 0 Å². The number of guanidine groups is 1. The molecule has 6 heteroatoms. The molecule has 0 amide bonds. The zero-order valence-electron chi connectivity index (χ0n) is 16.1. The third kappa shape index (κ3) is 7.27. The van der Waals surface area contributed by atoms with E-state index in [-0.39, 0.29) is 0 Å². The van der Waals surface area contributed by atoms with Gasteiger partial charge in [0.05, 0.1) is 6.54 Å². The van der Waals surface area contributed by atoms with Crippen molar-refractivity contribution in [2.75, 3.05) is 26.8 Å². The van der Waals surface area contributed by atoms with Gasteiger partial charge in [0.25, 0.3) is 0 Å². The van der Waals surface area contributed by atoms with Crippen LogP contribution < -0.4 is 10.6 Å². The van der Waals surface area contributed by atoms with Crippen molar-refractivity contribution in [3.63, 3.8) is 0 Å². The lowest BCUT2D eigenvalue weighted by Gasteiger charge is -2.13. The van der Waals surface area contributed by atoms with Crippen LogP contribution in [0, 0.1) is 5.92 Å².